The van der Waals surface area contributed by atoms with Crippen LogP contribution in [0.4, 0.5) is 5.69 Å². The van der Waals surface area contributed by atoms with Crippen LogP contribution in [0.25, 0.3) is 0 Å². The van der Waals surface area contributed by atoms with Crippen molar-refractivity contribution in [2.24, 2.45) is 16.5 Å². The second-order valence-electron chi connectivity index (χ2n) is 8.06. The molecular weight excluding hydrogens is 472 g/mol. The number of rotatable bonds is 8. The Morgan fingerprint density at radius 2 is 1.86 bits per heavy atom. The van der Waals surface area contributed by atoms with Crippen molar-refractivity contribution in [1.29, 1.82) is 0 Å². The third kappa shape index (κ3) is 7.19. The van der Waals surface area contributed by atoms with Gasteiger partial charge in [-0.25, -0.2) is 14.6 Å². The minimum Gasteiger partial charge on any atom is -0.490 e. The fourth-order valence-electron chi connectivity index (χ4n) is 3.61. The number of nitrogens with one attached hydrogen (secondary N) is 1. The number of benzene rings is 2. The van der Waals surface area contributed by atoms with Gasteiger partial charge >= 0.3 is 17.9 Å². The smallest absolute Gasteiger partial charge is 0.343 e. The van der Waals surface area contributed by atoms with E-state index < -0.39 is 36.3 Å². The second kappa shape index (κ2) is 11.7. The number of nitrogens with zero attached hydrogens (tertiary/aromatic N) is 1. The van der Waals surface area contributed by atoms with E-state index in [9.17, 15) is 19.2 Å². The Morgan fingerprint density at radius 1 is 1.08 bits per heavy atom. The lowest BCUT2D eigenvalue weighted by molar-refractivity contribution is -0.147. The minimum atomic E-state index is -1.53. The van der Waals surface area contributed by atoms with Crippen molar-refractivity contribution >= 4 is 35.5 Å². The van der Waals surface area contributed by atoms with Crippen LogP contribution in [0.2, 0.25) is 0 Å². The summed E-state index contributed by atoms with van der Waals surface area (Å²) in [5, 5.41) is 20.1. The van der Waals surface area contributed by atoms with E-state index in [2.05, 4.69) is 10.3 Å². The number of aliphatic carboxylic acids is 2. The van der Waals surface area contributed by atoms with Crippen LogP contribution in [0, 0.1) is 0 Å². The maximum absolute atomic E-state index is 12.9. The molecule has 0 fully saturated rings. The van der Waals surface area contributed by atoms with Gasteiger partial charge in [-0.1, -0.05) is 6.07 Å². The maximum atomic E-state index is 12.9. The monoisotopic (exact) mass is 498 g/mol. The van der Waals surface area contributed by atoms with Crippen LogP contribution in [0.15, 0.2) is 41.4 Å². The molecule has 12 nitrogen and oxygen atoms in total. The molecule has 1 amide bonds. The summed E-state index contributed by atoms with van der Waals surface area (Å²) in [6.07, 6.45) is 0.512. The van der Waals surface area contributed by atoms with Gasteiger partial charge in [-0.15, -0.1) is 0 Å². The number of nitrogens with two attached hydrogens (primary N) is 2. The summed E-state index contributed by atoms with van der Waals surface area (Å²) in [4.78, 5) is 51.0. The number of guanidine groups is 1. The highest BCUT2D eigenvalue weighted by atomic mass is 16.6. The zero-order valence-electron chi connectivity index (χ0n) is 19.2. The van der Waals surface area contributed by atoms with Crippen molar-refractivity contribution in [3.8, 4) is 11.5 Å². The molecule has 1 heterocycles. The Hall–Kier alpha value is -4.61. The molecule has 1 aliphatic rings. The first-order valence-electron chi connectivity index (χ1n) is 11.1. The first-order valence-corrected chi connectivity index (χ1v) is 11.1. The molecule has 7 N–H and O–H groups in total. The molecule has 0 aromatic heterocycles. The molecule has 12 heteroatoms. The van der Waals surface area contributed by atoms with E-state index >= 15 is 0 Å². The lowest BCUT2D eigenvalue weighted by Gasteiger charge is -2.17. The van der Waals surface area contributed by atoms with E-state index in [1.165, 1.54) is 0 Å². The van der Waals surface area contributed by atoms with Crippen molar-refractivity contribution in [3.05, 3.63) is 53.1 Å². The molecule has 3 rings (SSSR count). The molecule has 0 spiro atoms. The van der Waals surface area contributed by atoms with Crippen LogP contribution in [-0.4, -0.2) is 52.6 Å². The predicted molar refractivity (Wildman–Crippen MR) is 127 cm³/mol. The van der Waals surface area contributed by atoms with E-state index in [4.69, 9.17) is 31.2 Å². The number of hydrogen-bond donors (Lipinski definition) is 5. The van der Waals surface area contributed by atoms with E-state index in [-0.39, 0.29) is 24.6 Å². The van der Waals surface area contributed by atoms with Gasteiger partial charge in [0.2, 0.25) is 5.91 Å². The summed E-state index contributed by atoms with van der Waals surface area (Å²) < 4.78 is 11.4. The third-order valence-corrected chi connectivity index (χ3v) is 5.28. The number of fused-ring (bicyclic) bond motifs is 2. The molecule has 1 atom stereocenters. The van der Waals surface area contributed by atoms with Crippen molar-refractivity contribution in [1.82, 2.24) is 5.32 Å². The zero-order valence-corrected chi connectivity index (χ0v) is 19.2. The van der Waals surface area contributed by atoms with Gasteiger partial charge in [0.25, 0.3) is 0 Å². The summed E-state index contributed by atoms with van der Waals surface area (Å²) in [5.41, 5.74) is 13.1. The molecule has 0 aliphatic carbocycles. The Morgan fingerprint density at radius 3 is 2.56 bits per heavy atom. The Labute approximate surface area is 205 Å². The van der Waals surface area contributed by atoms with Gasteiger partial charge in [-0.3, -0.25) is 9.59 Å². The van der Waals surface area contributed by atoms with Crippen molar-refractivity contribution in [2.45, 2.75) is 38.1 Å². The number of carbonyl (C=O) groups excluding carboxylic acids is 2. The van der Waals surface area contributed by atoms with Crippen molar-refractivity contribution in [2.75, 3.05) is 6.61 Å². The van der Waals surface area contributed by atoms with Crippen LogP contribution in [0.3, 0.4) is 0 Å². The SMILES string of the molecule is NC(N)=Nc1ccc2c(c1)CCCOc1ccc(CCC(=O)NC(CC(=O)O)C(=O)O)cc1OC2=O. The highest BCUT2D eigenvalue weighted by molar-refractivity contribution is 5.94. The number of carbonyl (C=O) groups is 4. The number of amides is 1. The molecular formula is C24H26N4O8. The highest BCUT2D eigenvalue weighted by Crippen LogP contribution is 2.32. The topological polar surface area (TPSA) is 204 Å². The quantitative estimate of drug-likeness (QED) is 0.152. The lowest BCUT2D eigenvalue weighted by Crippen LogP contribution is -2.42. The standard InChI is InChI=1S/C24H26N4O8/c25-24(26)27-15-5-6-16-14(11-15)2-1-9-35-18-7-3-13(10-19(18)36-23(16)34)4-8-20(29)28-17(22(32)33)12-21(30)31/h3,5-7,10-11,17H,1-2,4,8-9,12H2,(H,28,29)(H,30,31)(H,32,33)(H4,25,26,27). The number of carboxylic acids is 2. The van der Waals surface area contributed by atoms with Crippen molar-refractivity contribution < 1.29 is 38.9 Å². The molecule has 1 unspecified atom stereocenters. The summed E-state index contributed by atoms with van der Waals surface area (Å²) in [5.74, 6) is -3.56. The number of aryl methyl sites for hydroxylation is 2. The average Bonchev–Trinajstić information content (AvgIpc) is 2.80. The molecule has 0 saturated carbocycles. The zero-order chi connectivity index (χ0) is 26.2. The van der Waals surface area contributed by atoms with E-state index in [1.54, 1.807) is 36.4 Å². The van der Waals surface area contributed by atoms with Crippen LogP contribution < -0.4 is 26.3 Å². The average molecular weight is 498 g/mol. The molecule has 0 radical (unpaired) electrons. The third-order valence-electron chi connectivity index (χ3n) is 5.28. The number of carboxylic acid groups (broad SMARTS) is 2. The number of esters is 1. The second-order valence-corrected chi connectivity index (χ2v) is 8.06. The molecule has 2 aromatic carbocycles. The van der Waals surface area contributed by atoms with Crippen LogP contribution in [-0.2, 0) is 27.2 Å². The molecule has 2 aromatic rings. The van der Waals surface area contributed by atoms with Gasteiger partial charge in [0.1, 0.15) is 6.04 Å². The maximum Gasteiger partial charge on any atom is 0.343 e. The van der Waals surface area contributed by atoms with Gasteiger partial charge in [-0.2, -0.15) is 0 Å². The van der Waals surface area contributed by atoms with E-state index in [0.717, 1.165) is 0 Å². The Kier molecular flexibility index (Phi) is 8.44. The van der Waals surface area contributed by atoms with Crippen LogP contribution in [0.5, 0.6) is 11.5 Å². The Bertz CT molecular complexity index is 1210. The first kappa shape index (κ1) is 26.0. The molecule has 0 bridgehead atoms. The summed E-state index contributed by atoms with van der Waals surface area (Å²) in [7, 11) is 0. The van der Waals surface area contributed by atoms with Gasteiger partial charge in [0.15, 0.2) is 17.5 Å². The lowest BCUT2D eigenvalue weighted by atomic mass is 10.0. The normalized spacial score (nSPS) is 13.6. The molecule has 190 valence electrons. The van der Waals surface area contributed by atoms with Crippen LogP contribution in [0.1, 0.15) is 40.7 Å². The van der Waals surface area contributed by atoms with E-state index in [1.807, 2.05) is 0 Å². The van der Waals surface area contributed by atoms with Gasteiger partial charge in [0, 0.05) is 6.42 Å². The first-order chi connectivity index (χ1) is 17.1. The van der Waals surface area contributed by atoms with Gasteiger partial charge in [-0.05, 0) is 60.7 Å². The molecule has 1 aliphatic heterocycles. The summed E-state index contributed by atoms with van der Waals surface area (Å²) >= 11 is 0. The van der Waals surface area contributed by atoms with Crippen LogP contribution >= 0.6 is 0 Å². The minimum absolute atomic E-state index is 0.101. The van der Waals surface area contributed by atoms with Gasteiger partial charge in [0.05, 0.1) is 24.3 Å². The number of hydrogen-bond acceptors (Lipinski definition) is 7. The fraction of sp³-hybridized carbons (Fsp3) is 0.292. The van der Waals surface area contributed by atoms with Gasteiger partial charge < -0.3 is 36.5 Å². The number of ether oxygens (including phenoxy) is 2. The van der Waals surface area contributed by atoms with E-state index in [0.29, 0.717) is 47.6 Å². The van der Waals surface area contributed by atoms with Crippen molar-refractivity contribution in [3.63, 3.8) is 0 Å². The largest absolute Gasteiger partial charge is 0.490 e. The molecule has 0 saturated heterocycles. The summed E-state index contributed by atoms with van der Waals surface area (Å²) in [6.45, 7) is 0.360. The summed E-state index contributed by atoms with van der Waals surface area (Å²) in [6, 6.07) is 8.28. The number of aliphatic imine (C=N–C) groups is 1. The fourth-order valence-corrected chi connectivity index (χ4v) is 3.61. The predicted octanol–water partition coefficient (Wildman–Crippen LogP) is 1.11. The Balaban J connectivity index is 1.74. The highest BCUT2D eigenvalue weighted by Gasteiger charge is 2.23. The molecule has 36 heavy (non-hydrogen) atoms.